The summed E-state index contributed by atoms with van der Waals surface area (Å²) in [5, 5.41) is 17.6. The fourth-order valence-electron chi connectivity index (χ4n) is 3.69. The number of amides is 3. The van der Waals surface area contributed by atoms with Crippen LogP contribution < -0.4 is 21.7 Å². The molecule has 1 heterocycles. The molecule has 0 bridgehead atoms. The summed E-state index contributed by atoms with van der Waals surface area (Å²) in [6.07, 6.45) is 4.61. The highest BCUT2D eigenvalue weighted by Crippen LogP contribution is 2.19. The Morgan fingerprint density at radius 2 is 1.74 bits per heavy atom. The molecule has 35 heavy (non-hydrogen) atoms. The van der Waals surface area contributed by atoms with Gasteiger partial charge in [0.2, 0.25) is 17.7 Å². The third-order valence-electron chi connectivity index (χ3n) is 5.45. The Kier molecular flexibility index (Phi) is 11.1. The van der Waals surface area contributed by atoms with Gasteiger partial charge in [0.1, 0.15) is 18.6 Å². The highest BCUT2D eigenvalue weighted by Gasteiger charge is 2.29. The summed E-state index contributed by atoms with van der Waals surface area (Å²) < 4.78 is 0. The third kappa shape index (κ3) is 8.91. The number of nitrogens with one attached hydrogen (secondary N) is 4. The van der Waals surface area contributed by atoms with E-state index in [-0.39, 0.29) is 12.3 Å². The fourth-order valence-corrected chi connectivity index (χ4v) is 4.16. The molecule has 0 aliphatic carbocycles. The highest BCUT2D eigenvalue weighted by molar-refractivity contribution is 7.98. The van der Waals surface area contributed by atoms with E-state index in [1.165, 1.54) is 11.8 Å². The molecule has 1 aromatic heterocycles. The quantitative estimate of drug-likeness (QED) is 0.223. The Labute approximate surface area is 209 Å². The van der Waals surface area contributed by atoms with Gasteiger partial charge in [-0.05, 0) is 42.4 Å². The molecule has 3 amide bonds. The zero-order valence-electron chi connectivity index (χ0n) is 20.3. The van der Waals surface area contributed by atoms with Gasteiger partial charge in [-0.3, -0.25) is 19.2 Å². The smallest absolute Gasteiger partial charge is 0.322 e. The van der Waals surface area contributed by atoms with Gasteiger partial charge in [-0.15, -0.1) is 0 Å². The van der Waals surface area contributed by atoms with Crippen LogP contribution in [0.3, 0.4) is 0 Å². The van der Waals surface area contributed by atoms with Crippen LogP contribution in [0.4, 0.5) is 0 Å². The molecule has 10 nitrogen and oxygen atoms in total. The van der Waals surface area contributed by atoms with Crippen LogP contribution in [0.15, 0.2) is 30.5 Å². The number of thioether (sulfide) groups is 1. The first-order chi connectivity index (χ1) is 16.6. The largest absolute Gasteiger partial charge is 0.480 e. The standard InChI is InChI=1S/C24H35N5O5S/c1-14(2)10-17(25)22(32)28-19(8-9-35-3)24(34)29-20(23(33)27-13-21(30)31)11-15-12-26-18-7-5-4-6-16(15)18/h4-7,12,14,17,19-20,26H,8-11,13,25H2,1-3H3,(H,27,33)(H,28,32)(H,29,34)(H,30,31). The van der Waals surface area contributed by atoms with E-state index in [4.69, 9.17) is 10.8 Å². The minimum Gasteiger partial charge on any atom is -0.480 e. The maximum atomic E-state index is 13.2. The van der Waals surface area contributed by atoms with Crippen molar-refractivity contribution in [1.29, 1.82) is 0 Å². The van der Waals surface area contributed by atoms with Crippen LogP contribution in [0.25, 0.3) is 10.9 Å². The van der Waals surface area contributed by atoms with Gasteiger partial charge in [-0.1, -0.05) is 32.0 Å². The topological polar surface area (TPSA) is 166 Å². The minimum atomic E-state index is -1.19. The van der Waals surface area contributed by atoms with E-state index in [2.05, 4.69) is 20.9 Å². The van der Waals surface area contributed by atoms with Crippen molar-refractivity contribution < 1.29 is 24.3 Å². The summed E-state index contributed by atoms with van der Waals surface area (Å²) in [6, 6.07) is 4.86. The molecule has 0 saturated carbocycles. The van der Waals surface area contributed by atoms with Crippen LogP contribution in [-0.4, -0.2) is 70.5 Å². The Bertz CT molecular complexity index is 1020. The van der Waals surface area contributed by atoms with Crippen molar-refractivity contribution in [2.45, 2.75) is 51.2 Å². The van der Waals surface area contributed by atoms with Gasteiger partial charge in [0.25, 0.3) is 0 Å². The lowest BCUT2D eigenvalue weighted by Crippen LogP contribution is -2.56. The first-order valence-corrected chi connectivity index (χ1v) is 12.9. The average molecular weight is 506 g/mol. The maximum Gasteiger partial charge on any atom is 0.322 e. The van der Waals surface area contributed by atoms with Gasteiger partial charge >= 0.3 is 5.97 Å². The number of aromatic amines is 1. The second kappa shape index (κ2) is 13.7. The third-order valence-corrected chi connectivity index (χ3v) is 6.10. The number of carbonyl (C=O) groups excluding carboxylic acids is 3. The zero-order valence-corrected chi connectivity index (χ0v) is 21.1. The molecular weight excluding hydrogens is 470 g/mol. The molecule has 2 aromatic rings. The molecule has 2 rings (SSSR count). The Hall–Kier alpha value is -3.05. The number of para-hydroxylation sites is 1. The molecule has 1 aromatic carbocycles. The summed E-state index contributed by atoms with van der Waals surface area (Å²) >= 11 is 1.52. The predicted octanol–water partition coefficient (Wildman–Crippen LogP) is 1.01. The minimum absolute atomic E-state index is 0.136. The SMILES string of the molecule is CSCCC(NC(=O)C(N)CC(C)C)C(=O)NC(Cc1c[nH]c2ccccc12)C(=O)NCC(=O)O. The number of benzene rings is 1. The number of aliphatic carboxylic acids is 1. The van der Waals surface area contributed by atoms with Crippen molar-refractivity contribution in [3.63, 3.8) is 0 Å². The van der Waals surface area contributed by atoms with Crippen LogP contribution in [0, 0.1) is 5.92 Å². The number of rotatable bonds is 14. The first-order valence-electron chi connectivity index (χ1n) is 11.5. The number of carbonyl (C=O) groups is 4. The van der Waals surface area contributed by atoms with E-state index >= 15 is 0 Å². The number of carboxylic acid groups (broad SMARTS) is 1. The number of nitrogens with two attached hydrogens (primary N) is 1. The summed E-state index contributed by atoms with van der Waals surface area (Å²) in [4.78, 5) is 52.7. The predicted molar refractivity (Wildman–Crippen MR) is 137 cm³/mol. The monoisotopic (exact) mass is 505 g/mol. The Morgan fingerprint density at radius 1 is 1.06 bits per heavy atom. The van der Waals surface area contributed by atoms with Crippen LogP contribution in [0.5, 0.6) is 0 Å². The number of carboxylic acids is 1. The molecule has 0 radical (unpaired) electrons. The number of H-pyrrole nitrogens is 1. The summed E-state index contributed by atoms with van der Waals surface area (Å²) in [6.45, 7) is 3.34. The average Bonchev–Trinajstić information content (AvgIpc) is 3.21. The van der Waals surface area contributed by atoms with E-state index in [1.54, 1.807) is 6.20 Å². The number of hydrogen-bond donors (Lipinski definition) is 6. The molecule has 192 valence electrons. The molecule has 0 aliphatic heterocycles. The van der Waals surface area contributed by atoms with Crippen LogP contribution in [0.2, 0.25) is 0 Å². The lowest BCUT2D eigenvalue weighted by Gasteiger charge is -2.24. The Balaban J connectivity index is 2.21. The lowest BCUT2D eigenvalue weighted by atomic mass is 10.0. The molecule has 0 aliphatic rings. The number of hydrogen-bond acceptors (Lipinski definition) is 6. The van der Waals surface area contributed by atoms with E-state index in [9.17, 15) is 19.2 Å². The van der Waals surface area contributed by atoms with Crippen molar-refractivity contribution in [3.05, 3.63) is 36.0 Å². The Morgan fingerprint density at radius 3 is 2.40 bits per heavy atom. The van der Waals surface area contributed by atoms with Gasteiger partial charge < -0.3 is 31.8 Å². The van der Waals surface area contributed by atoms with Crippen LogP contribution >= 0.6 is 11.8 Å². The molecule has 11 heteroatoms. The number of fused-ring (bicyclic) bond motifs is 1. The van der Waals surface area contributed by atoms with E-state index in [0.717, 1.165) is 16.5 Å². The van der Waals surface area contributed by atoms with Crippen molar-refractivity contribution in [3.8, 4) is 0 Å². The molecule has 0 fully saturated rings. The fraction of sp³-hybridized carbons (Fsp3) is 0.500. The first kappa shape index (κ1) is 28.2. The molecule has 0 saturated heterocycles. The second-order valence-corrected chi connectivity index (χ2v) is 9.80. The second-order valence-electron chi connectivity index (χ2n) is 8.82. The molecule has 7 N–H and O–H groups in total. The molecular formula is C24H35N5O5S. The normalized spacial score (nSPS) is 13.7. The summed E-state index contributed by atoms with van der Waals surface area (Å²) in [5.74, 6) is -1.95. The van der Waals surface area contributed by atoms with E-state index in [1.807, 2.05) is 44.4 Å². The van der Waals surface area contributed by atoms with Gasteiger partial charge in [-0.25, -0.2) is 0 Å². The molecule has 0 spiro atoms. The summed E-state index contributed by atoms with van der Waals surface area (Å²) in [7, 11) is 0. The zero-order chi connectivity index (χ0) is 26.0. The van der Waals surface area contributed by atoms with Crippen LogP contribution in [-0.2, 0) is 25.6 Å². The van der Waals surface area contributed by atoms with Crippen molar-refractivity contribution in [2.75, 3.05) is 18.6 Å². The van der Waals surface area contributed by atoms with Gasteiger partial charge in [-0.2, -0.15) is 11.8 Å². The van der Waals surface area contributed by atoms with Gasteiger partial charge in [0.15, 0.2) is 0 Å². The van der Waals surface area contributed by atoms with Gasteiger partial charge in [0.05, 0.1) is 6.04 Å². The van der Waals surface area contributed by atoms with E-state index in [0.29, 0.717) is 18.6 Å². The maximum absolute atomic E-state index is 13.2. The molecule has 3 unspecified atom stereocenters. The van der Waals surface area contributed by atoms with Crippen molar-refractivity contribution in [1.82, 2.24) is 20.9 Å². The molecule has 3 atom stereocenters. The summed E-state index contributed by atoms with van der Waals surface area (Å²) in [5.41, 5.74) is 7.65. The highest BCUT2D eigenvalue weighted by atomic mass is 32.2. The van der Waals surface area contributed by atoms with Crippen molar-refractivity contribution >= 4 is 46.4 Å². The van der Waals surface area contributed by atoms with Crippen LogP contribution in [0.1, 0.15) is 32.3 Å². The number of aromatic nitrogens is 1. The van der Waals surface area contributed by atoms with Gasteiger partial charge in [0, 0.05) is 23.5 Å². The van der Waals surface area contributed by atoms with Crippen molar-refractivity contribution in [2.24, 2.45) is 11.7 Å². The lowest BCUT2D eigenvalue weighted by molar-refractivity contribution is -0.138. The van der Waals surface area contributed by atoms with E-state index < -0.39 is 48.4 Å².